The highest BCUT2D eigenvalue weighted by Crippen LogP contribution is 2.39. The first kappa shape index (κ1) is 12.9. The molecule has 1 atom stereocenters. The van der Waals surface area contributed by atoms with Gasteiger partial charge in [-0.2, -0.15) is 0 Å². The molecule has 1 unspecified atom stereocenters. The van der Waals surface area contributed by atoms with E-state index in [9.17, 15) is 0 Å². The molecule has 2 heterocycles. The lowest BCUT2D eigenvalue weighted by Gasteiger charge is -2.18. The Kier molecular flexibility index (Phi) is 3.17. The van der Waals surface area contributed by atoms with Gasteiger partial charge < -0.3 is 10.1 Å². The van der Waals surface area contributed by atoms with E-state index < -0.39 is 0 Å². The fourth-order valence-electron chi connectivity index (χ4n) is 3.06. The highest BCUT2D eigenvalue weighted by Gasteiger charge is 2.23. The standard InChI is InChI=1S/C18H17NOS/c1-19-17(14-7-4-6-12-9-10-20-18(12)14)16-11-13-5-2-3-8-15(13)21-16/h2-8,11,17,19H,9-10H2,1H3. The van der Waals surface area contributed by atoms with Gasteiger partial charge in [-0.3, -0.25) is 0 Å². The van der Waals surface area contributed by atoms with Crippen LogP contribution in [-0.2, 0) is 6.42 Å². The monoisotopic (exact) mass is 295 g/mol. The quantitative estimate of drug-likeness (QED) is 0.784. The SMILES string of the molecule is CNC(c1cc2ccccc2s1)c1cccc2c1OCC2. The van der Waals surface area contributed by atoms with E-state index in [2.05, 4.69) is 53.8 Å². The second-order valence-corrected chi connectivity index (χ2v) is 6.46. The second kappa shape index (κ2) is 5.17. The molecule has 4 rings (SSSR count). The maximum atomic E-state index is 5.87. The molecule has 106 valence electrons. The van der Waals surface area contributed by atoms with Crippen LogP contribution in [0, 0.1) is 0 Å². The van der Waals surface area contributed by atoms with Gasteiger partial charge in [0.1, 0.15) is 5.75 Å². The molecule has 3 aromatic rings. The van der Waals surface area contributed by atoms with Gasteiger partial charge in [-0.1, -0.05) is 36.4 Å². The largest absolute Gasteiger partial charge is 0.493 e. The fourth-order valence-corrected chi connectivity index (χ4v) is 4.26. The lowest BCUT2D eigenvalue weighted by molar-refractivity contribution is 0.351. The molecule has 2 nitrogen and oxygen atoms in total. The van der Waals surface area contributed by atoms with Crippen LogP contribution in [0.15, 0.2) is 48.5 Å². The number of rotatable bonds is 3. The first-order valence-corrected chi connectivity index (χ1v) is 8.09. The van der Waals surface area contributed by atoms with Gasteiger partial charge in [0.05, 0.1) is 12.6 Å². The fraction of sp³-hybridized carbons (Fsp3) is 0.222. The molecule has 1 aliphatic heterocycles. The molecular formula is C18H17NOS. The Bertz CT molecular complexity index is 760. The Labute approximate surface area is 128 Å². The maximum absolute atomic E-state index is 5.87. The predicted octanol–water partition coefficient (Wildman–Crippen LogP) is 4.15. The van der Waals surface area contributed by atoms with Crippen LogP contribution in [0.5, 0.6) is 5.75 Å². The first-order valence-electron chi connectivity index (χ1n) is 7.27. The third-order valence-electron chi connectivity index (χ3n) is 4.07. The van der Waals surface area contributed by atoms with Crippen molar-refractivity contribution in [2.45, 2.75) is 12.5 Å². The summed E-state index contributed by atoms with van der Waals surface area (Å²) in [4.78, 5) is 1.34. The molecular weight excluding hydrogens is 278 g/mol. The minimum atomic E-state index is 0.190. The molecule has 0 radical (unpaired) electrons. The Balaban J connectivity index is 1.83. The van der Waals surface area contributed by atoms with E-state index >= 15 is 0 Å². The van der Waals surface area contributed by atoms with Gasteiger partial charge in [0, 0.05) is 21.6 Å². The minimum Gasteiger partial charge on any atom is -0.493 e. The van der Waals surface area contributed by atoms with Gasteiger partial charge in [-0.25, -0.2) is 0 Å². The minimum absolute atomic E-state index is 0.190. The van der Waals surface area contributed by atoms with E-state index in [1.54, 1.807) is 0 Å². The molecule has 2 aromatic carbocycles. The zero-order valence-corrected chi connectivity index (χ0v) is 12.7. The van der Waals surface area contributed by atoms with Crippen molar-refractivity contribution in [2.75, 3.05) is 13.7 Å². The Morgan fingerprint density at radius 1 is 1.14 bits per heavy atom. The van der Waals surface area contributed by atoms with Gasteiger partial charge in [0.2, 0.25) is 0 Å². The average Bonchev–Trinajstić information content (AvgIpc) is 3.14. The Morgan fingerprint density at radius 2 is 2.05 bits per heavy atom. The average molecular weight is 295 g/mol. The van der Waals surface area contributed by atoms with Gasteiger partial charge in [0.25, 0.3) is 0 Å². The number of para-hydroxylation sites is 1. The molecule has 1 aromatic heterocycles. The summed E-state index contributed by atoms with van der Waals surface area (Å²) < 4.78 is 7.21. The van der Waals surface area contributed by atoms with Crippen LogP contribution >= 0.6 is 11.3 Å². The molecule has 0 spiro atoms. The van der Waals surface area contributed by atoms with Crippen LogP contribution in [0.3, 0.4) is 0 Å². The third kappa shape index (κ3) is 2.13. The molecule has 1 aliphatic rings. The van der Waals surface area contributed by atoms with Gasteiger partial charge >= 0.3 is 0 Å². The second-order valence-electron chi connectivity index (χ2n) is 5.34. The molecule has 0 fully saturated rings. The first-order chi connectivity index (χ1) is 10.4. The van der Waals surface area contributed by atoms with Crippen molar-refractivity contribution in [3.63, 3.8) is 0 Å². The summed E-state index contributed by atoms with van der Waals surface area (Å²) in [5.74, 6) is 1.08. The van der Waals surface area contributed by atoms with Crippen molar-refractivity contribution < 1.29 is 4.74 Å². The number of thiophene rings is 1. The van der Waals surface area contributed by atoms with Gasteiger partial charge in [0.15, 0.2) is 0 Å². The topological polar surface area (TPSA) is 21.3 Å². The van der Waals surface area contributed by atoms with Crippen molar-refractivity contribution in [1.29, 1.82) is 0 Å². The zero-order chi connectivity index (χ0) is 14.2. The molecule has 0 bridgehead atoms. The normalized spacial score (nSPS) is 14.9. The van der Waals surface area contributed by atoms with Crippen LogP contribution in [0.4, 0.5) is 0 Å². The van der Waals surface area contributed by atoms with Crippen molar-refractivity contribution in [3.05, 3.63) is 64.5 Å². The van der Waals surface area contributed by atoms with Crippen LogP contribution in [0.1, 0.15) is 22.0 Å². The molecule has 0 saturated heterocycles. The van der Waals surface area contributed by atoms with Crippen molar-refractivity contribution >= 4 is 21.4 Å². The summed E-state index contributed by atoms with van der Waals surface area (Å²) in [6, 6.07) is 17.5. The predicted molar refractivity (Wildman–Crippen MR) is 88.4 cm³/mol. The lowest BCUT2D eigenvalue weighted by atomic mass is 10.0. The molecule has 0 saturated carbocycles. The number of nitrogens with one attached hydrogen (secondary N) is 1. The smallest absolute Gasteiger partial charge is 0.127 e. The van der Waals surface area contributed by atoms with E-state index in [1.807, 2.05) is 18.4 Å². The van der Waals surface area contributed by atoms with Gasteiger partial charge in [-0.05, 0) is 30.1 Å². The highest BCUT2D eigenvalue weighted by atomic mass is 32.1. The van der Waals surface area contributed by atoms with Crippen molar-refractivity contribution in [1.82, 2.24) is 5.32 Å². The summed E-state index contributed by atoms with van der Waals surface area (Å²) >= 11 is 1.85. The van der Waals surface area contributed by atoms with Crippen LogP contribution in [0.25, 0.3) is 10.1 Å². The van der Waals surface area contributed by atoms with Crippen LogP contribution in [0.2, 0.25) is 0 Å². The molecule has 0 amide bonds. The van der Waals surface area contributed by atoms with Crippen LogP contribution < -0.4 is 10.1 Å². The molecule has 1 N–H and O–H groups in total. The zero-order valence-electron chi connectivity index (χ0n) is 11.9. The van der Waals surface area contributed by atoms with Crippen molar-refractivity contribution in [3.8, 4) is 5.75 Å². The number of hydrogen-bond acceptors (Lipinski definition) is 3. The van der Waals surface area contributed by atoms with Gasteiger partial charge in [-0.15, -0.1) is 11.3 Å². The summed E-state index contributed by atoms with van der Waals surface area (Å²) in [5, 5.41) is 4.77. The third-order valence-corrected chi connectivity index (χ3v) is 5.25. The van der Waals surface area contributed by atoms with Crippen molar-refractivity contribution in [2.24, 2.45) is 0 Å². The van der Waals surface area contributed by atoms with E-state index in [0.717, 1.165) is 18.8 Å². The van der Waals surface area contributed by atoms with Crippen LogP contribution in [-0.4, -0.2) is 13.7 Å². The number of benzene rings is 2. The molecule has 21 heavy (non-hydrogen) atoms. The summed E-state index contributed by atoms with van der Waals surface area (Å²) in [5.41, 5.74) is 2.58. The molecule has 0 aliphatic carbocycles. The lowest BCUT2D eigenvalue weighted by Crippen LogP contribution is -2.17. The summed E-state index contributed by atoms with van der Waals surface area (Å²) in [7, 11) is 2.02. The Hall–Kier alpha value is -1.84. The van der Waals surface area contributed by atoms with E-state index in [1.165, 1.54) is 26.1 Å². The maximum Gasteiger partial charge on any atom is 0.127 e. The van der Waals surface area contributed by atoms with E-state index in [0.29, 0.717) is 0 Å². The molecule has 3 heteroatoms. The highest BCUT2D eigenvalue weighted by molar-refractivity contribution is 7.19. The summed E-state index contributed by atoms with van der Waals surface area (Å²) in [6.07, 6.45) is 1.02. The summed E-state index contributed by atoms with van der Waals surface area (Å²) in [6.45, 7) is 0.801. The van der Waals surface area contributed by atoms with E-state index in [4.69, 9.17) is 4.74 Å². The number of hydrogen-bond donors (Lipinski definition) is 1. The van der Waals surface area contributed by atoms with E-state index in [-0.39, 0.29) is 6.04 Å². The Morgan fingerprint density at radius 3 is 2.90 bits per heavy atom. The number of fused-ring (bicyclic) bond motifs is 2. The number of ether oxygens (including phenoxy) is 1.